The Balaban J connectivity index is 1.95. The first-order chi connectivity index (χ1) is 9.10. The Morgan fingerprint density at radius 1 is 1.42 bits per heavy atom. The second kappa shape index (κ2) is 6.32. The smallest absolute Gasteiger partial charge is 0.136 e. The molecule has 106 valence electrons. The molecule has 1 aliphatic carbocycles. The van der Waals surface area contributed by atoms with Crippen LogP contribution in [0.5, 0.6) is 0 Å². The average molecular weight is 282 g/mol. The lowest BCUT2D eigenvalue weighted by Gasteiger charge is -2.11. The highest BCUT2D eigenvalue weighted by atomic mass is 32.2. The quantitative estimate of drug-likeness (QED) is 0.800. The third-order valence-electron chi connectivity index (χ3n) is 3.37. The van der Waals surface area contributed by atoms with Crippen LogP contribution in [-0.4, -0.2) is 39.3 Å². The summed E-state index contributed by atoms with van der Waals surface area (Å²) in [7, 11) is 1.11. The van der Waals surface area contributed by atoms with E-state index < -0.39 is 10.8 Å². The van der Waals surface area contributed by atoms with Crippen molar-refractivity contribution in [3.63, 3.8) is 0 Å². The number of hydrogen-bond donors (Lipinski definition) is 2. The van der Waals surface area contributed by atoms with Gasteiger partial charge in [0.15, 0.2) is 0 Å². The molecular formula is C13H22N4OS. The van der Waals surface area contributed by atoms with Crippen molar-refractivity contribution in [2.24, 2.45) is 0 Å². The summed E-state index contributed by atoms with van der Waals surface area (Å²) < 4.78 is 11.3. The van der Waals surface area contributed by atoms with E-state index in [1.807, 2.05) is 20.0 Å². The van der Waals surface area contributed by atoms with E-state index in [-0.39, 0.29) is 5.25 Å². The SMILES string of the molecule is CNc1cc(NCCC(C)S(C)=O)nc(C2CC2)n1. The Morgan fingerprint density at radius 2 is 2.11 bits per heavy atom. The van der Waals surface area contributed by atoms with Gasteiger partial charge in [-0.3, -0.25) is 4.21 Å². The van der Waals surface area contributed by atoms with Crippen molar-refractivity contribution < 1.29 is 4.21 Å². The highest BCUT2D eigenvalue weighted by molar-refractivity contribution is 7.84. The summed E-state index contributed by atoms with van der Waals surface area (Å²) in [6.07, 6.45) is 5.01. The van der Waals surface area contributed by atoms with Gasteiger partial charge in [0, 0.05) is 47.9 Å². The molecule has 1 heterocycles. The van der Waals surface area contributed by atoms with Gasteiger partial charge < -0.3 is 10.6 Å². The molecule has 1 fully saturated rings. The van der Waals surface area contributed by atoms with E-state index in [9.17, 15) is 4.21 Å². The van der Waals surface area contributed by atoms with Crippen molar-refractivity contribution in [1.29, 1.82) is 0 Å². The van der Waals surface area contributed by atoms with Crippen LogP contribution in [0.4, 0.5) is 11.6 Å². The highest BCUT2D eigenvalue weighted by Crippen LogP contribution is 2.38. The summed E-state index contributed by atoms with van der Waals surface area (Å²) in [5.74, 6) is 3.18. The molecule has 1 aromatic rings. The summed E-state index contributed by atoms with van der Waals surface area (Å²) in [5, 5.41) is 6.58. The lowest BCUT2D eigenvalue weighted by molar-refractivity contribution is 0.672. The number of anilines is 2. The van der Waals surface area contributed by atoms with Crippen LogP contribution in [0.1, 0.15) is 37.9 Å². The lowest BCUT2D eigenvalue weighted by atomic mass is 10.3. The van der Waals surface area contributed by atoms with E-state index in [0.29, 0.717) is 5.92 Å². The van der Waals surface area contributed by atoms with Crippen LogP contribution >= 0.6 is 0 Å². The maximum atomic E-state index is 11.3. The molecule has 1 saturated carbocycles. The Bertz CT molecular complexity index is 462. The van der Waals surface area contributed by atoms with Gasteiger partial charge in [-0.1, -0.05) is 6.92 Å². The van der Waals surface area contributed by atoms with Crippen LogP contribution in [0.2, 0.25) is 0 Å². The Labute approximate surface area is 117 Å². The summed E-state index contributed by atoms with van der Waals surface area (Å²) in [5.41, 5.74) is 0. The maximum Gasteiger partial charge on any atom is 0.136 e. The molecule has 1 aliphatic rings. The van der Waals surface area contributed by atoms with Gasteiger partial charge in [0.25, 0.3) is 0 Å². The van der Waals surface area contributed by atoms with Crippen LogP contribution in [-0.2, 0) is 10.8 Å². The first kappa shape index (κ1) is 14.2. The van der Waals surface area contributed by atoms with E-state index in [4.69, 9.17) is 0 Å². The predicted octanol–water partition coefficient (Wildman–Crippen LogP) is 1.96. The zero-order valence-corrected chi connectivity index (χ0v) is 12.6. The number of nitrogens with one attached hydrogen (secondary N) is 2. The molecule has 2 atom stereocenters. The second-order valence-corrected chi connectivity index (χ2v) is 6.85. The van der Waals surface area contributed by atoms with Crippen molar-refractivity contribution in [2.45, 2.75) is 37.4 Å². The molecule has 0 bridgehead atoms. The molecular weight excluding hydrogens is 260 g/mol. The van der Waals surface area contributed by atoms with Crippen LogP contribution in [0.25, 0.3) is 0 Å². The molecule has 0 saturated heterocycles. The van der Waals surface area contributed by atoms with Crippen LogP contribution in [0.3, 0.4) is 0 Å². The van der Waals surface area contributed by atoms with Crippen molar-refractivity contribution in [3.8, 4) is 0 Å². The molecule has 0 amide bonds. The van der Waals surface area contributed by atoms with Gasteiger partial charge in [0.2, 0.25) is 0 Å². The lowest BCUT2D eigenvalue weighted by Crippen LogP contribution is -2.15. The normalized spacial score (nSPS) is 17.8. The number of nitrogens with zero attached hydrogens (tertiary/aromatic N) is 2. The van der Waals surface area contributed by atoms with Crippen molar-refractivity contribution in [3.05, 3.63) is 11.9 Å². The fourth-order valence-corrected chi connectivity index (χ4v) is 2.23. The van der Waals surface area contributed by atoms with Crippen molar-refractivity contribution in [2.75, 3.05) is 30.5 Å². The van der Waals surface area contributed by atoms with Gasteiger partial charge >= 0.3 is 0 Å². The molecule has 0 aliphatic heterocycles. The standard InChI is InChI=1S/C13H22N4OS/c1-9(19(3)18)6-7-15-12-8-11(14-2)16-13(17-12)10-4-5-10/h8-10H,4-7H2,1-3H3,(H2,14,15,16,17). The molecule has 0 aromatic carbocycles. The summed E-state index contributed by atoms with van der Waals surface area (Å²) >= 11 is 0. The summed E-state index contributed by atoms with van der Waals surface area (Å²) in [4.78, 5) is 9.02. The minimum Gasteiger partial charge on any atom is -0.373 e. The zero-order chi connectivity index (χ0) is 13.8. The molecule has 2 N–H and O–H groups in total. The number of hydrogen-bond acceptors (Lipinski definition) is 5. The first-order valence-electron chi connectivity index (χ1n) is 6.73. The van der Waals surface area contributed by atoms with Gasteiger partial charge in [0.1, 0.15) is 17.5 Å². The molecule has 19 heavy (non-hydrogen) atoms. The van der Waals surface area contributed by atoms with E-state index in [2.05, 4.69) is 20.6 Å². The Hall–Kier alpha value is -1.17. The largest absolute Gasteiger partial charge is 0.373 e. The monoisotopic (exact) mass is 282 g/mol. The van der Waals surface area contributed by atoms with Gasteiger partial charge in [0.05, 0.1) is 0 Å². The fraction of sp³-hybridized carbons (Fsp3) is 0.692. The molecule has 0 radical (unpaired) electrons. The van der Waals surface area contributed by atoms with Gasteiger partial charge in [-0.2, -0.15) is 0 Å². The van der Waals surface area contributed by atoms with E-state index >= 15 is 0 Å². The molecule has 5 nitrogen and oxygen atoms in total. The molecule has 1 aromatic heterocycles. The number of rotatable bonds is 7. The van der Waals surface area contributed by atoms with Gasteiger partial charge in [-0.05, 0) is 19.3 Å². The third-order valence-corrected chi connectivity index (χ3v) is 4.73. The van der Waals surface area contributed by atoms with E-state index in [1.165, 1.54) is 12.8 Å². The summed E-state index contributed by atoms with van der Waals surface area (Å²) in [6, 6.07) is 1.92. The minimum atomic E-state index is -0.761. The zero-order valence-electron chi connectivity index (χ0n) is 11.8. The topological polar surface area (TPSA) is 66.9 Å². The number of aromatic nitrogens is 2. The van der Waals surface area contributed by atoms with E-state index in [1.54, 1.807) is 6.26 Å². The van der Waals surface area contributed by atoms with Gasteiger partial charge in [-0.15, -0.1) is 0 Å². The third kappa shape index (κ3) is 4.16. The minimum absolute atomic E-state index is 0.209. The van der Waals surface area contributed by atoms with Crippen LogP contribution in [0, 0.1) is 0 Å². The van der Waals surface area contributed by atoms with Crippen molar-refractivity contribution >= 4 is 22.4 Å². The average Bonchev–Trinajstić information content (AvgIpc) is 3.22. The fourth-order valence-electron chi connectivity index (χ4n) is 1.78. The summed E-state index contributed by atoms with van der Waals surface area (Å²) in [6.45, 7) is 2.79. The Morgan fingerprint density at radius 3 is 2.68 bits per heavy atom. The molecule has 6 heteroatoms. The molecule has 2 unspecified atom stereocenters. The maximum absolute atomic E-state index is 11.3. The van der Waals surface area contributed by atoms with Gasteiger partial charge in [-0.25, -0.2) is 9.97 Å². The van der Waals surface area contributed by atoms with Crippen molar-refractivity contribution in [1.82, 2.24) is 9.97 Å². The second-order valence-electron chi connectivity index (χ2n) is 5.05. The first-order valence-corrected chi connectivity index (χ1v) is 8.35. The Kier molecular flexibility index (Phi) is 4.74. The molecule has 0 spiro atoms. The molecule has 2 rings (SSSR count). The highest BCUT2D eigenvalue weighted by Gasteiger charge is 2.27. The van der Waals surface area contributed by atoms with E-state index in [0.717, 1.165) is 30.4 Å². The predicted molar refractivity (Wildman–Crippen MR) is 80.2 cm³/mol. The van der Waals surface area contributed by atoms with Crippen LogP contribution < -0.4 is 10.6 Å². The van der Waals surface area contributed by atoms with Crippen LogP contribution in [0.15, 0.2) is 6.07 Å².